The normalized spacial score (nSPS) is 15.1. The van der Waals surface area contributed by atoms with Gasteiger partial charge in [-0.2, -0.15) is 0 Å². The first-order chi connectivity index (χ1) is 11.1. The fraction of sp³-hybridized carbons (Fsp3) is 0.529. The second-order valence-electron chi connectivity index (χ2n) is 6.49. The highest BCUT2D eigenvalue weighted by Crippen LogP contribution is 2.22. The van der Waals surface area contributed by atoms with Gasteiger partial charge in [0.15, 0.2) is 0 Å². The summed E-state index contributed by atoms with van der Waals surface area (Å²) in [4.78, 5) is 19.1. The monoisotopic (exact) mass is 316 g/mol. The number of fused-ring (bicyclic) bond motifs is 3. The van der Waals surface area contributed by atoms with E-state index in [0.29, 0.717) is 24.6 Å². The van der Waals surface area contributed by atoms with Gasteiger partial charge in [-0.15, -0.1) is 0 Å². The lowest BCUT2D eigenvalue weighted by Gasteiger charge is -2.26. The zero-order valence-corrected chi connectivity index (χ0v) is 13.7. The SMILES string of the molecule is CC(C)CNC(=O)c1ccc2c(c1)nc1n2CCN(CCO)C1. The Morgan fingerprint density at radius 2 is 2.22 bits per heavy atom. The highest BCUT2D eigenvalue weighted by Gasteiger charge is 2.20. The van der Waals surface area contributed by atoms with Crippen LogP contribution in [-0.2, 0) is 13.1 Å². The van der Waals surface area contributed by atoms with Crippen molar-refractivity contribution in [3.63, 3.8) is 0 Å². The number of aliphatic hydroxyl groups excluding tert-OH is 1. The minimum absolute atomic E-state index is 0.0477. The number of carbonyl (C=O) groups is 1. The lowest BCUT2D eigenvalue weighted by atomic mass is 10.1. The first-order valence-corrected chi connectivity index (χ1v) is 8.19. The molecule has 6 heteroatoms. The number of β-amino-alcohol motifs (C(OH)–C–C–N with tert-alkyl or cyclic N) is 1. The highest BCUT2D eigenvalue weighted by molar-refractivity contribution is 5.97. The maximum Gasteiger partial charge on any atom is 0.251 e. The van der Waals surface area contributed by atoms with E-state index in [0.717, 1.165) is 36.5 Å². The molecule has 1 aliphatic rings. The second-order valence-corrected chi connectivity index (χ2v) is 6.49. The average molecular weight is 316 g/mol. The summed E-state index contributed by atoms with van der Waals surface area (Å²) in [6, 6.07) is 5.72. The molecule has 0 unspecified atom stereocenters. The van der Waals surface area contributed by atoms with Crippen molar-refractivity contribution < 1.29 is 9.90 Å². The van der Waals surface area contributed by atoms with Crippen molar-refractivity contribution in [1.29, 1.82) is 0 Å². The molecule has 6 nitrogen and oxygen atoms in total. The molecule has 23 heavy (non-hydrogen) atoms. The smallest absolute Gasteiger partial charge is 0.251 e. The molecule has 2 aromatic rings. The zero-order valence-electron chi connectivity index (χ0n) is 13.7. The fourth-order valence-corrected chi connectivity index (χ4v) is 2.94. The van der Waals surface area contributed by atoms with Gasteiger partial charge >= 0.3 is 0 Å². The summed E-state index contributed by atoms with van der Waals surface area (Å²) < 4.78 is 2.21. The van der Waals surface area contributed by atoms with Crippen molar-refractivity contribution in [3.05, 3.63) is 29.6 Å². The number of aliphatic hydroxyl groups is 1. The van der Waals surface area contributed by atoms with Crippen LogP contribution < -0.4 is 5.32 Å². The van der Waals surface area contributed by atoms with Crippen LogP contribution in [0, 0.1) is 5.92 Å². The molecule has 0 spiro atoms. The largest absolute Gasteiger partial charge is 0.395 e. The summed E-state index contributed by atoms with van der Waals surface area (Å²) in [5.41, 5.74) is 2.59. The first-order valence-electron chi connectivity index (χ1n) is 8.19. The molecular weight excluding hydrogens is 292 g/mol. The number of hydrogen-bond acceptors (Lipinski definition) is 4. The molecule has 1 amide bonds. The molecular formula is C17H24N4O2. The van der Waals surface area contributed by atoms with Crippen LogP contribution >= 0.6 is 0 Å². The molecule has 2 heterocycles. The number of benzene rings is 1. The van der Waals surface area contributed by atoms with E-state index >= 15 is 0 Å². The summed E-state index contributed by atoms with van der Waals surface area (Å²) in [5, 5.41) is 12.0. The lowest BCUT2D eigenvalue weighted by Crippen LogP contribution is -2.35. The van der Waals surface area contributed by atoms with Gasteiger partial charge in [0.25, 0.3) is 5.91 Å². The van der Waals surface area contributed by atoms with Gasteiger partial charge in [-0.05, 0) is 24.1 Å². The Balaban J connectivity index is 1.83. The van der Waals surface area contributed by atoms with Crippen molar-refractivity contribution in [2.75, 3.05) is 26.2 Å². The second kappa shape index (κ2) is 6.68. The fourth-order valence-electron chi connectivity index (χ4n) is 2.94. The molecule has 0 aliphatic carbocycles. The van der Waals surface area contributed by atoms with Gasteiger partial charge in [-0.1, -0.05) is 13.8 Å². The van der Waals surface area contributed by atoms with Gasteiger partial charge in [0.1, 0.15) is 5.82 Å². The average Bonchev–Trinajstić information content (AvgIpc) is 2.89. The van der Waals surface area contributed by atoms with Crippen LogP contribution in [0.4, 0.5) is 0 Å². The van der Waals surface area contributed by atoms with E-state index in [1.165, 1.54) is 0 Å². The Hall–Kier alpha value is -1.92. The van der Waals surface area contributed by atoms with Crippen molar-refractivity contribution >= 4 is 16.9 Å². The summed E-state index contributed by atoms with van der Waals surface area (Å²) in [6.45, 7) is 8.18. The molecule has 0 saturated carbocycles. The third-order valence-corrected chi connectivity index (χ3v) is 4.18. The number of aromatic nitrogens is 2. The van der Waals surface area contributed by atoms with Crippen LogP contribution in [-0.4, -0.2) is 51.7 Å². The predicted octanol–water partition coefficient (Wildman–Crippen LogP) is 1.23. The Bertz CT molecular complexity index is 708. The number of rotatable bonds is 5. The maximum absolute atomic E-state index is 12.2. The van der Waals surface area contributed by atoms with Crippen LogP contribution in [0.2, 0.25) is 0 Å². The molecule has 1 aromatic carbocycles. The number of nitrogens with zero attached hydrogens (tertiary/aromatic N) is 3. The number of imidazole rings is 1. The topological polar surface area (TPSA) is 70.4 Å². The summed E-state index contributed by atoms with van der Waals surface area (Å²) >= 11 is 0. The lowest BCUT2D eigenvalue weighted by molar-refractivity contribution is 0.0949. The third kappa shape index (κ3) is 3.38. The van der Waals surface area contributed by atoms with E-state index in [2.05, 4.69) is 33.6 Å². The van der Waals surface area contributed by atoms with Crippen LogP contribution in [0.1, 0.15) is 30.0 Å². The van der Waals surface area contributed by atoms with Crippen LogP contribution in [0.5, 0.6) is 0 Å². The van der Waals surface area contributed by atoms with E-state index < -0.39 is 0 Å². The highest BCUT2D eigenvalue weighted by atomic mass is 16.3. The van der Waals surface area contributed by atoms with Crippen molar-refractivity contribution in [3.8, 4) is 0 Å². The Morgan fingerprint density at radius 3 is 2.96 bits per heavy atom. The van der Waals surface area contributed by atoms with Gasteiger partial charge in [0, 0.05) is 31.7 Å². The molecule has 0 atom stereocenters. The molecule has 3 rings (SSSR count). The molecule has 0 bridgehead atoms. The van der Waals surface area contributed by atoms with Crippen molar-refractivity contribution in [1.82, 2.24) is 19.8 Å². The molecule has 124 valence electrons. The van der Waals surface area contributed by atoms with Crippen LogP contribution in [0.25, 0.3) is 11.0 Å². The standard InChI is InChI=1S/C17H24N4O2/c1-12(2)10-18-17(23)13-3-4-15-14(9-13)19-16-11-20(7-8-22)5-6-21(15)16/h3-4,9,12,22H,5-8,10-11H2,1-2H3,(H,18,23). The minimum Gasteiger partial charge on any atom is -0.395 e. The summed E-state index contributed by atoms with van der Waals surface area (Å²) in [5.74, 6) is 1.38. The van der Waals surface area contributed by atoms with Crippen molar-refractivity contribution in [2.24, 2.45) is 5.92 Å². The van der Waals surface area contributed by atoms with Crippen LogP contribution in [0.15, 0.2) is 18.2 Å². The molecule has 0 radical (unpaired) electrons. The van der Waals surface area contributed by atoms with Gasteiger partial charge in [0.2, 0.25) is 0 Å². The number of hydrogen-bond donors (Lipinski definition) is 2. The van der Waals surface area contributed by atoms with Crippen LogP contribution in [0.3, 0.4) is 0 Å². The van der Waals surface area contributed by atoms with Gasteiger partial charge in [-0.3, -0.25) is 9.69 Å². The van der Waals surface area contributed by atoms with Crippen molar-refractivity contribution in [2.45, 2.75) is 26.9 Å². The minimum atomic E-state index is -0.0477. The van der Waals surface area contributed by atoms with E-state index in [-0.39, 0.29) is 12.5 Å². The first kappa shape index (κ1) is 16.0. The van der Waals surface area contributed by atoms with E-state index in [1.807, 2.05) is 18.2 Å². The number of carbonyl (C=O) groups excluding carboxylic acids is 1. The van der Waals surface area contributed by atoms with E-state index in [1.54, 1.807) is 0 Å². The van der Waals surface area contributed by atoms with Gasteiger partial charge < -0.3 is 15.0 Å². The zero-order chi connectivity index (χ0) is 16.4. The summed E-state index contributed by atoms with van der Waals surface area (Å²) in [7, 11) is 0. The third-order valence-electron chi connectivity index (χ3n) is 4.18. The molecule has 1 aliphatic heterocycles. The van der Waals surface area contributed by atoms with E-state index in [9.17, 15) is 4.79 Å². The molecule has 0 saturated heterocycles. The maximum atomic E-state index is 12.2. The van der Waals surface area contributed by atoms with Gasteiger partial charge in [0.05, 0.1) is 24.2 Å². The predicted molar refractivity (Wildman–Crippen MR) is 89.3 cm³/mol. The molecule has 0 fully saturated rings. The van der Waals surface area contributed by atoms with E-state index in [4.69, 9.17) is 5.11 Å². The number of amides is 1. The molecule has 2 N–H and O–H groups in total. The van der Waals surface area contributed by atoms with Gasteiger partial charge in [-0.25, -0.2) is 4.98 Å². The molecule has 1 aromatic heterocycles. The Labute approximate surface area is 136 Å². The quantitative estimate of drug-likeness (QED) is 0.870. The summed E-state index contributed by atoms with van der Waals surface area (Å²) in [6.07, 6.45) is 0. The Kier molecular flexibility index (Phi) is 4.63. The Morgan fingerprint density at radius 1 is 1.39 bits per heavy atom. The number of nitrogens with one attached hydrogen (secondary N) is 1.